The van der Waals surface area contributed by atoms with Crippen molar-refractivity contribution in [2.75, 3.05) is 37.7 Å². The third kappa shape index (κ3) is 3.48. The molecule has 5 rings (SSSR count). The second-order valence-electron chi connectivity index (χ2n) is 8.65. The third-order valence-corrected chi connectivity index (χ3v) is 8.62. The Morgan fingerprint density at radius 3 is 2.39 bits per heavy atom. The minimum Gasteiger partial charge on any atom is -0.379 e. The molecular formula is C21H28N2O4S. The van der Waals surface area contributed by atoms with Gasteiger partial charge in [-0.1, -0.05) is 0 Å². The standard InChI is InChI=1S/C21H28N2O4S/c24-21(14-19(15-1-2-15)16-3-4-16)23-8-7-17-13-18(5-6-20(17)23)28(25,26)22-9-11-27-12-10-22/h5-6,13,15-16,19H,1-4,7-12,14H2. The molecule has 3 fully saturated rings. The summed E-state index contributed by atoms with van der Waals surface area (Å²) in [5, 5.41) is 0. The summed E-state index contributed by atoms with van der Waals surface area (Å²) in [4.78, 5) is 15.2. The maximum absolute atomic E-state index is 13.0. The van der Waals surface area contributed by atoms with Crippen LogP contribution < -0.4 is 4.90 Å². The van der Waals surface area contributed by atoms with Crippen LogP contribution in [0.5, 0.6) is 0 Å². The van der Waals surface area contributed by atoms with Gasteiger partial charge in [0, 0.05) is 31.7 Å². The Balaban J connectivity index is 1.33. The molecule has 0 atom stereocenters. The highest BCUT2D eigenvalue weighted by Crippen LogP contribution is 2.51. The van der Waals surface area contributed by atoms with E-state index >= 15 is 0 Å². The largest absolute Gasteiger partial charge is 0.379 e. The van der Waals surface area contributed by atoms with Gasteiger partial charge in [-0.2, -0.15) is 4.31 Å². The fraction of sp³-hybridized carbons (Fsp3) is 0.667. The SMILES string of the molecule is O=C(CC(C1CC1)C1CC1)N1CCc2cc(S(=O)(=O)N3CCOCC3)ccc21. The van der Waals surface area contributed by atoms with E-state index < -0.39 is 10.0 Å². The molecular weight excluding hydrogens is 376 g/mol. The Hall–Kier alpha value is -1.44. The summed E-state index contributed by atoms with van der Waals surface area (Å²) in [6.45, 7) is 2.34. The third-order valence-electron chi connectivity index (χ3n) is 6.72. The van der Waals surface area contributed by atoms with Gasteiger partial charge in [0.25, 0.3) is 0 Å². The summed E-state index contributed by atoms with van der Waals surface area (Å²) in [5.74, 6) is 2.31. The Morgan fingerprint density at radius 2 is 1.75 bits per heavy atom. The molecule has 6 nitrogen and oxygen atoms in total. The molecule has 1 aromatic carbocycles. The van der Waals surface area contributed by atoms with Crippen molar-refractivity contribution in [2.24, 2.45) is 17.8 Å². The van der Waals surface area contributed by atoms with Crippen molar-refractivity contribution in [1.29, 1.82) is 0 Å². The van der Waals surface area contributed by atoms with E-state index in [1.165, 1.54) is 30.0 Å². The number of fused-ring (bicyclic) bond motifs is 1. The van der Waals surface area contributed by atoms with E-state index in [1.807, 2.05) is 11.0 Å². The summed E-state index contributed by atoms with van der Waals surface area (Å²) >= 11 is 0. The average molecular weight is 405 g/mol. The molecule has 0 aromatic heterocycles. The van der Waals surface area contributed by atoms with Gasteiger partial charge in [0.1, 0.15) is 0 Å². The lowest BCUT2D eigenvalue weighted by Crippen LogP contribution is -2.40. The number of morpholine rings is 1. The molecule has 1 amide bonds. The van der Waals surface area contributed by atoms with Gasteiger partial charge in [0.05, 0.1) is 18.1 Å². The highest BCUT2D eigenvalue weighted by atomic mass is 32.2. The average Bonchev–Trinajstić information content (AvgIpc) is 3.63. The minimum absolute atomic E-state index is 0.214. The van der Waals surface area contributed by atoms with E-state index in [0.717, 1.165) is 29.5 Å². The summed E-state index contributed by atoms with van der Waals surface area (Å²) in [5.41, 5.74) is 1.87. The number of hydrogen-bond donors (Lipinski definition) is 0. The van der Waals surface area contributed by atoms with E-state index in [0.29, 0.717) is 50.1 Å². The first-order valence-electron chi connectivity index (χ1n) is 10.6. The summed E-state index contributed by atoms with van der Waals surface area (Å²) in [6, 6.07) is 5.26. The molecule has 0 N–H and O–H groups in total. The molecule has 2 aliphatic heterocycles. The molecule has 1 aromatic rings. The van der Waals surface area contributed by atoms with Crippen molar-refractivity contribution in [3.8, 4) is 0 Å². The van der Waals surface area contributed by atoms with Crippen LogP contribution in [0, 0.1) is 17.8 Å². The molecule has 0 unspecified atom stereocenters. The first-order valence-corrected chi connectivity index (χ1v) is 12.0. The van der Waals surface area contributed by atoms with Crippen molar-refractivity contribution in [2.45, 2.75) is 43.4 Å². The number of ether oxygens (including phenoxy) is 1. The van der Waals surface area contributed by atoms with Crippen LogP contribution in [-0.4, -0.2) is 51.5 Å². The zero-order valence-electron chi connectivity index (χ0n) is 16.2. The monoisotopic (exact) mass is 404 g/mol. The quantitative estimate of drug-likeness (QED) is 0.730. The van der Waals surface area contributed by atoms with Crippen LogP contribution in [0.15, 0.2) is 23.1 Å². The number of benzene rings is 1. The zero-order chi connectivity index (χ0) is 19.3. The van der Waals surface area contributed by atoms with Crippen LogP contribution >= 0.6 is 0 Å². The smallest absolute Gasteiger partial charge is 0.243 e. The van der Waals surface area contributed by atoms with Gasteiger partial charge in [-0.05, 0) is 73.6 Å². The Kier molecular flexibility index (Phi) is 4.72. The van der Waals surface area contributed by atoms with E-state index in [9.17, 15) is 13.2 Å². The molecule has 28 heavy (non-hydrogen) atoms. The number of carbonyl (C=O) groups is 1. The predicted molar refractivity (Wildman–Crippen MR) is 106 cm³/mol. The lowest BCUT2D eigenvalue weighted by atomic mass is 9.93. The van der Waals surface area contributed by atoms with Gasteiger partial charge in [-0.15, -0.1) is 0 Å². The molecule has 2 aliphatic carbocycles. The van der Waals surface area contributed by atoms with Crippen LogP contribution in [0.1, 0.15) is 37.7 Å². The molecule has 2 heterocycles. The number of sulfonamides is 1. The maximum Gasteiger partial charge on any atom is 0.243 e. The Labute approximate surface area is 166 Å². The Bertz CT molecular complexity index is 858. The van der Waals surface area contributed by atoms with Gasteiger partial charge < -0.3 is 9.64 Å². The van der Waals surface area contributed by atoms with Crippen molar-refractivity contribution in [3.63, 3.8) is 0 Å². The van der Waals surface area contributed by atoms with E-state index in [2.05, 4.69) is 0 Å². The van der Waals surface area contributed by atoms with Gasteiger partial charge in [-0.3, -0.25) is 4.79 Å². The summed E-state index contributed by atoms with van der Waals surface area (Å²) in [7, 11) is -3.50. The van der Waals surface area contributed by atoms with Crippen LogP contribution in [0.3, 0.4) is 0 Å². The van der Waals surface area contributed by atoms with Gasteiger partial charge >= 0.3 is 0 Å². The normalized spacial score (nSPS) is 23.2. The Morgan fingerprint density at radius 1 is 1.07 bits per heavy atom. The summed E-state index contributed by atoms with van der Waals surface area (Å²) in [6.07, 6.45) is 6.52. The lowest BCUT2D eigenvalue weighted by Gasteiger charge is -2.26. The second kappa shape index (κ2) is 7.11. The fourth-order valence-electron chi connectivity index (χ4n) is 4.81. The molecule has 2 saturated carbocycles. The first kappa shape index (κ1) is 18.6. The predicted octanol–water partition coefficient (Wildman–Crippen LogP) is 2.42. The van der Waals surface area contributed by atoms with E-state index in [4.69, 9.17) is 4.74 Å². The van der Waals surface area contributed by atoms with Crippen LogP contribution in [0.4, 0.5) is 5.69 Å². The lowest BCUT2D eigenvalue weighted by molar-refractivity contribution is -0.119. The van der Waals surface area contributed by atoms with Crippen LogP contribution in [0.2, 0.25) is 0 Å². The number of nitrogens with zero attached hydrogens (tertiary/aromatic N) is 2. The number of hydrogen-bond acceptors (Lipinski definition) is 4. The van der Waals surface area contributed by atoms with Crippen LogP contribution in [-0.2, 0) is 26.0 Å². The van der Waals surface area contributed by atoms with Gasteiger partial charge in [-0.25, -0.2) is 8.42 Å². The second-order valence-corrected chi connectivity index (χ2v) is 10.6. The van der Waals surface area contributed by atoms with Crippen molar-refractivity contribution in [3.05, 3.63) is 23.8 Å². The highest BCUT2D eigenvalue weighted by molar-refractivity contribution is 7.89. The van der Waals surface area contributed by atoms with Crippen molar-refractivity contribution >= 4 is 21.6 Å². The number of anilines is 1. The zero-order valence-corrected chi connectivity index (χ0v) is 17.0. The topological polar surface area (TPSA) is 66.9 Å². The van der Waals surface area contributed by atoms with Gasteiger partial charge in [0.15, 0.2) is 0 Å². The van der Waals surface area contributed by atoms with Crippen molar-refractivity contribution < 1.29 is 17.9 Å². The fourth-order valence-corrected chi connectivity index (χ4v) is 6.27. The van der Waals surface area contributed by atoms with Gasteiger partial charge in [0.2, 0.25) is 15.9 Å². The van der Waals surface area contributed by atoms with E-state index in [1.54, 1.807) is 12.1 Å². The van der Waals surface area contributed by atoms with E-state index in [-0.39, 0.29) is 5.91 Å². The molecule has 0 bridgehead atoms. The number of amides is 1. The maximum atomic E-state index is 13.0. The molecule has 4 aliphatic rings. The number of carbonyl (C=O) groups excluding carboxylic acids is 1. The number of rotatable bonds is 6. The molecule has 7 heteroatoms. The van der Waals surface area contributed by atoms with Crippen molar-refractivity contribution in [1.82, 2.24) is 4.31 Å². The highest BCUT2D eigenvalue weighted by Gasteiger charge is 2.43. The first-order chi connectivity index (χ1) is 13.5. The minimum atomic E-state index is -3.50. The van der Waals surface area contributed by atoms with Crippen LogP contribution in [0.25, 0.3) is 0 Å². The summed E-state index contributed by atoms with van der Waals surface area (Å²) < 4.78 is 32.6. The molecule has 0 spiro atoms. The molecule has 1 saturated heterocycles. The molecule has 152 valence electrons. The molecule has 0 radical (unpaired) electrons.